The van der Waals surface area contributed by atoms with E-state index in [1.54, 1.807) is 18.6 Å². The Kier molecular flexibility index (Phi) is 3.70. The number of pyridine rings is 1. The van der Waals surface area contributed by atoms with Crippen LogP contribution in [-0.4, -0.2) is 68.3 Å². The van der Waals surface area contributed by atoms with Gasteiger partial charge in [0.25, 0.3) is 5.91 Å². The molecule has 0 spiro atoms. The molecule has 1 aliphatic heterocycles. The molecule has 4 heterocycles. The molecule has 4 rings (SSSR count). The van der Waals surface area contributed by atoms with Crippen molar-refractivity contribution in [3.05, 3.63) is 48.7 Å². The van der Waals surface area contributed by atoms with Gasteiger partial charge in [-0.15, -0.1) is 0 Å². The van der Waals surface area contributed by atoms with E-state index in [9.17, 15) is 4.79 Å². The minimum absolute atomic E-state index is 0.0418. The molecule has 7 heteroatoms. The highest BCUT2D eigenvalue weighted by Gasteiger charge is 2.20. The predicted molar refractivity (Wildman–Crippen MR) is 89.6 cm³/mol. The maximum Gasteiger partial charge on any atom is 0.255 e. The van der Waals surface area contributed by atoms with Gasteiger partial charge in [0.1, 0.15) is 5.69 Å². The van der Waals surface area contributed by atoms with Crippen molar-refractivity contribution in [1.29, 1.82) is 0 Å². The molecular formula is C17H18N6O. The van der Waals surface area contributed by atoms with Gasteiger partial charge in [0.15, 0.2) is 5.65 Å². The molecule has 0 radical (unpaired) electrons. The minimum atomic E-state index is 0.0418. The van der Waals surface area contributed by atoms with Crippen LogP contribution in [0.2, 0.25) is 0 Å². The van der Waals surface area contributed by atoms with Crippen LogP contribution in [0.15, 0.2) is 43.1 Å². The second-order valence-corrected chi connectivity index (χ2v) is 5.99. The van der Waals surface area contributed by atoms with Gasteiger partial charge in [-0.1, -0.05) is 0 Å². The molecule has 3 aromatic rings. The Morgan fingerprint density at radius 2 is 1.79 bits per heavy atom. The van der Waals surface area contributed by atoms with Gasteiger partial charge in [0.2, 0.25) is 0 Å². The fourth-order valence-electron chi connectivity index (χ4n) is 2.82. The van der Waals surface area contributed by atoms with Crippen LogP contribution in [0.1, 0.15) is 10.4 Å². The highest BCUT2D eigenvalue weighted by Crippen LogP contribution is 2.16. The third-order valence-electron chi connectivity index (χ3n) is 4.34. The SMILES string of the molecule is CN1CCN(C(=O)c2ccc(-c3cn4ccnc4cn3)nc2)CC1. The summed E-state index contributed by atoms with van der Waals surface area (Å²) < 4.78 is 1.90. The molecule has 1 aliphatic rings. The number of amides is 1. The van der Waals surface area contributed by atoms with Crippen molar-refractivity contribution in [3.8, 4) is 11.4 Å². The number of rotatable bonds is 2. The van der Waals surface area contributed by atoms with Gasteiger partial charge < -0.3 is 14.2 Å². The van der Waals surface area contributed by atoms with Gasteiger partial charge in [-0.3, -0.25) is 9.78 Å². The lowest BCUT2D eigenvalue weighted by Gasteiger charge is -2.32. The van der Waals surface area contributed by atoms with Crippen molar-refractivity contribution in [2.24, 2.45) is 0 Å². The van der Waals surface area contributed by atoms with Gasteiger partial charge in [-0.25, -0.2) is 9.97 Å². The number of aromatic nitrogens is 4. The zero-order chi connectivity index (χ0) is 16.5. The second-order valence-electron chi connectivity index (χ2n) is 5.99. The van der Waals surface area contributed by atoms with E-state index >= 15 is 0 Å². The van der Waals surface area contributed by atoms with E-state index < -0.39 is 0 Å². The van der Waals surface area contributed by atoms with Crippen LogP contribution in [0.4, 0.5) is 0 Å². The van der Waals surface area contributed by atoms with Crippen LogP contribution >= 0.6 is 0 Å². The summed E-state index contributed by atoms with van der Waals surface area (Å²) in [5.41, 5.74) is 2.90. The fraction of sp³-hybridized carbons (Fsp3) is 0.294. The first-order valence-electron chi connectivity index (χ1n) is 7.94. The summed E-state index contributed by atoms with van der Waals surface area (Å²) in [7, 11) is 2.07. The van der Waals surface area contributed by atoms with Crippen molar-refractivity contribution in [2.75, 3.05) is 33.2 Å². The summed E-state index contributed by atoms with van der Waals surface area (Å²) in [6, 6.07) is 3.66. The van der Waals surface area contributed by atoms with Gasteiger partial charge in [0.05, 0.1) is 17.5 Å². The monoisotopic (exact) mass is 322 g/mol. The molecule has 1 fully saturated rings. The van der Waals surface area contributed by atoms with Crippen molar-refractivity contribution in [1.82, 2.24) is 29.2 Å². The number of hydrogen-bond donors (Lipinski definition) is 0. The third kappa shape index (κ3) is 2.74. The molecule has 0 saturated carbocycles. The smallest absolute Gasteiger partial charge is 0.255 e. The van der Waals surface area contributed by atoms with Gasteiger partial charge in [0, 0.05) is 51.0 Å². The van der Waals surface area contributed by atoms with Crippen molar-refractivity contribution in [2.45, 2.75) is 0 Å². The zero-order valence-corrected chi connectivity index (χ0v) is 13.5. The summed E-state index contributed by atoms with van der Waals surface area (Å²) in [5.74, 6) is 0.0418. The largest absolute Gasteiger partial charge is 0.336 e. The molecular weight excluding hydrogens is 304 g/mol. The summed E-state index contributed by atoms with van der Waals surface area (Å²) in [6.45, 7) is 3.34. The van der Waals surface area contributed by atoms with E-state index in [4.69, 9.17) is 0 Å². The van der Waals surface area contributed by atoms with Crippen LogP contribution in [-0.2, 0) is 0 Å². The molecule has 7 nitrogen and oxygen atoms in total. The van der Waals surface area contributed by atoms with E-state index in [1.165, 1.54) is 0 Å². The number of imidazole rings is 1. The lowest BCUT2D eigenvalue weighted by atomic mass is 10.2. The summed E-state index contributed by atoms with van der Waals surface area (Å²) in [4.78, 5) is 29.6. The highest BCUT2D eigenvalue weighted by atomic mass is 16.2. The molecule has 1 saturated heterocycles. The van der Waals surface area contributed by atoms with E-state index in [-0.39, 0.29) is 5.91 Å². The zero-order valence-electron chi connectivity index (χ0n) is 13.5. The molecule has 0 N–H and O–H groups in total. The first-order valence-corrected chi connectivity index (χ1v) is 7.94. The van der Waals surface area contributed by atoms with Crippen LogP contribution in [0.5, 0.6) is 0 Å². The van der Waals surface area contributed by atoms with E-state index in [1.807, 2.05) is 33.8 Å². The molecule has 24 heavy (non-hydrogen) atoms. The predicted octanol–water partition coefficient (Wildman–Crippen LogP) is 1.18. The fourth-order valence-corrected chi connectivity index (χ4v) is 2.82. The lowest BCUT2D eigenvalue weighted by Crippen LogP contribution is -2.47. The highest BCUT2D eigenvalue weighted by molar-refractivity contribution is 5.94. The van der Waals surface area contributed by atoms with Gasteiger partial charge in [-0.05, 0) is 19.2 Å². The molecule has 0 aliphatic carbocycles. The average molecular weight is 322 g/mol. The Balaban J connectivity index is 1.54. The number of carbonyl (C=O) groups is 1. The topological polar surface area (TPSA) is 66.6 Å². The Morgan fingerprint density at radius 1 is 1.00 bits per heavy atom. The molecule has 0 unspecified atom stereocenters. The van der Waals surface area contributed by atoms with Crippen LogP contribution in [0, 0.1) is 0 Å². The Hall–Kier alpha value is -2.80. The molecule has 122 valence electrons. The normalized spacial score (nSPS) is 15.8. The maximum atomic E-state index is 12.5. The summed E-state index contributed by atoms with van der Waals surface area (Å²) >= 11 is 0. The first kappa shape index (κ1) is 14.8. The van der Waals surface area contributed by atoms with E-state index in [0.29, 0.717) is 5.56 Å². The maximum absolute atomic E-state index is 12.5. The number of carbonyl (C=O) groups excluding carboxylic acids is 1. The number of piperazine rings is 1. The number of likely N-dealkylation sites (N-methyl/N-ethyl adjacent to an activating group) is 1. The van der Waals surface area contributed by atoms with Crippen LogP contribution < -0.4 is 0 Å². The minimum Gasteiger partial charge on any atom is -0.336 e. The molecule has 0 aromatic carbocycles. The molecule has 3 aromatic heterocycles. The van der Waals surface area contributed by atoms with Gasteiger partial charge >= 0.3 is 0 Å². The Bertz CT molecular complexity index is 864. The number of nitrogens with zero attached hydrogens (tertiary/aromatic N) is 6. The Morgan fingerprint density at radius 3 is 2.54 bits per heavy atom. The standard InChI is InChI=1S/C17H18N6O/c1-21-6-8-22(9-7-21)17(24)13-2-3-14(19-10-13)15-12-23-5-4-18-16(23)11-20-15/h2-5,10-12H,6-9H2,1H3. The van der Waals surface area contributed by atoms with Crippen molar-refractivity contribution >= 4 is 11.6 Å². The third-order valence-corrected chi connectivity index (χ3v) is 4.34. The molecule has 0 atom stereocenters. The van der Waals surface area contributed by atoms with Crippen molar-refractivity contribution < 1.29 is 4.79 Å². The average Bonchev–Trinajstić information content (AvgIpc) is 3.09. The van der Waals surface area contributed by atoms with E-state index in [2.05, 4.69) is 26.9 Å². The second kappa shape index (κ2) is 6.01. The summed E-state index contributed by atoms with van der Waals surface area (Å²) in [6.07, 6.45) is 8.82. The number of hydrogen-bond acceptors (Lipinski definition) is 5. The molecule has 1 amide bonds. The molecule has 0 bridgehead atoms. The summed E-state index contributed by atoms with van der Waals surface area (Å²) in [5, 5.41) is 0. The van der Waals surface area contributed by atoms with Gasteiger partial charge in [-0.2, -0.15) is 0 Å². The van der Waals surface area contributed by atoms with Crippen molar-refractivity contribution in [3.63, 3.8) is 0 Å². The Labute approximate surface area is 139 Å². The first-order chi connectivity index (χ1) is 11.7. The van der Waals surface area contributed by atoms with Crippen LogP contribution in [0.25, 0.3) is 17.0 Å². The van der Waals surface area contributed by atoms with Crippen LogP contribution in [0.3, 0.4) is 0 Å². The lowest BCUT2D eigenvalue weighted by molar-refractivity contribution is 0.0663. The van der Waals surface area contributed by atoms with E-state index in [0.717, 1.165) is 43.2 Å². The quantitative estimate of drug-likeness (QED) is 0.709. The number of fused-ring (bicyclic) bond motifs is 1.